The molecule has 2 aliphatic heterocycles. The summed E-state index contributed by atoms with van der Waals surface area (Å²) in [6, 6.07) is 6.17. The number of aromatic nitrogens is 2. The summed E-state index contributed by atoms with van der Waals surface area (Å²) >= 11 is 6.20. The number of ether oxygens (including phenoxy) is 2. The van der Waals surface area contributed by atoms with E-state index in [9.17, 15) is 14.0 Å². The smallest absolute Gasteiger partial charge is 0.237 e. The van der Waals surface area contributed by atoms with Crippen LogP contribution in [0.1, 0.15) is 32.3 Å². The second-order valence-electron chi connectivity index (χ2n) is 12.0. The number of piperazine rings is 1. The molecule has 2 aromatic carbocycles. The Morgan fingerprint density at radius 2 is 1.91 bits per heavy atom. The minimum absolute atomic E-state index is 0.00397. The summed E-state index contributed by atoms with van der Waals surface area (Å²) in [4.78, 5) is 39.6. The molecular weight excluding hydrogens is 627 g/mol. The first-order chi connectivity index (χ1) is 22.7. The molecule has 2 aliphatic rings. The summed E-state index contributed by atoms with van der Waals surface area (Å²) in [6.07, 6.45) is 2.90. The van der Waals surface area contributed by atoms with Crippen molar-refractivity contribution in [1.29, 1.82) is 0 Å². The molecule has 254 valence electrons. The maximum Gasteiger partial charge on any atom is 0.237 e. The van der Waals surface area contributed by atoms with Crippen LogP contribution >= 0.6 is 11.6 Å². The number of nitrogens with one attached hydrogen (secondary N) is 3. The van der Waals surface area contributed by atoms with Crippen LogP contribution in [-0.4, -0.2) is 115 Å². The van der Waals surface area contributed by atoms with Gasteiger partial charge in [0.05, 0.1) is 29.8 Å². The molecule has 0 spiro atoms. The number of nitrogens with zero attached hydrogens (tertiary/aromatic N) is 5. The molecular formula is C33H44ClFN8O4. The standard InChI is InChI=1S/C33H44ClFN8O4/c1-22-33(45)37-6-4-14-46-30-17-25-29(38-21-39-32(25)40-28-18-26(34)27(35)16-24(28)20-41(22)3)19-31(30)47-15-5-8-42-10-12-43(13-11-42)9-7-36-23(2)44/h16-19,21-22H,4-15,20H2,1-3H3,(H,36,44)(H,37,45)(H,38,39,40)/t22-/m1/s1. The quantitative estimate of drug-likeness (QED) is 0.307. The highest BCUT2D eigenvalue weighted by Crippen LogP contribution is 2.36. The van der Waals surface area contributed by atoms with Gasteiger partial charge in [0.15, 0.2) is 11.5 Å². The molecule has 0 aliphatic carbocycles. The topological polar surface area (TPSA) is 124 Å². The molecule has 0 radical (unpaired) electrons. The van der Waals surface area contributed by atoms with E-state index in [1.54, 1.807) is 6.92 Å². The zero-order valence-corrected chi connectivity index (χ0v) is 28.0. The van der Waals surface area contributed by atoms with Gasteiger partial charge in [0.1, 0.15) is 18.0 Å². The van der Waals surface area contributed by atoms with E-state index in [0.717, 1.165) is 45.7 Å². The fourth-order valence-electron chi connectivity index (χ4n) is 5.67. The van der Waals surface area contributed by atoms with Crippen LogP contribution in [0.15, 0.2) is 30.6 Å². The minimum atomic E-state index is -0.543. The first kappa shape index (κ1) is 34.6. The first-order valence-electron chi connectivity index (χ1n) is 16.1. The molecule has 1 atom stereocenters. The van der Waals surface area contributed by atoms with Gasteiger partial charge in [-0.05, 0) is 50.6 Å². The van der Waals surface area contributed by atoms with Crippen molar-refractivity contribution in [2.24, 2.45) is 0 Å². The van der Waals surface area contributed by atoms with Gasteiger partial charge < -0.3 is 30.3 Å². The van der Waals surface area contributed by atoms with Crippen molar-refractivity contribution >= 4 is 45.8 Å². The third-order valence-electron chi connectivity index (χ3n) is 8.58. The van der Waals surface area contributed by atoms with Gasteiger partial charge in [-0.25, -0.2) is 14.4 Å². The highest BCUT2D eigenvalue weighted by molar-refractivity contribution is 6.31. The average Bonchev–Trinajstić information content (AvgIpc) is 3.05. The van der Waals surface area contributed by atoms with Crippen molar-refractivity contribution in [3.05, 3.63) is 47.0 Å². The zero-order valence-electron chi connectivity index (χ0n) is 27.3. The summed E-state index contributed by atoms with van der Waals surface area (Å²) in [5.41, 5.74) is 1.85. The first-order valence-corrected chi connectivity index (χ1v) is 16.5. The SMILES string of the molecule is CC(=O)NCCN1CCN(CCCOc2cc3ncnc4c3cc2OCCCNC(=O)[C@@H](C)N(C)Cc2cc(F)c(Cl)cc2N4)CC1. The summed E-state index contributed by atoms with van der Waals surface area (Å²) in [6.45, 7) is 11.3. The summed E-state index contributed by atoms with van der Waals surface area (Å²) < 4.78 is 27.1. The number of halogens is 2. The third-order valence-corrected chi connectivity index (χ3v) is 8.87. The van der Waals surface area contributed by atoms with E-state index < -0.39 is 11.9 Å². The maximum absolute atomic E-state index is 14.6. The van der Waals surface area contributed by atoms with Crippen molar-refractivity contribution < 1.29 is 23.5 Å². The van der Waals surface area contributed by atoms with Gasteiger partial charge in [0.25, 0.3) is 0 Å². The second-order valence-corrected chi connectivity index (χ2v) is 12.4. The van der Waals surface area contributed by atoms with Crippen molar-refractivity contribution in [2.75, 3.05) is 77.9 Å². The van der Waals surface area contributed by atoms with E-state index in [0.29, 0.717) is 78.7 Å². The molecule has 1 saturated heterocycles. The number of rotatable bonds is 8. The van der Waals surface area contributed by atoms with E-state index in [1.807, 2.05) is 31.0 Å². The van der Waals surface area contributed by atoms with Gasteiger partial charge in [-0.3, -0.25) is 19.4 Å². The van der Waals surface area contributed by atoms with Gasteiger partial charge >= 0.3 is 0 Å². The number of fused-ring (bicyclic) bond motifs is 2. The monoisotopic (exact) mass is 670 g/mol. The summed E-state index contributed by atoms with van der Waals surface area (Å²) in [5.74, 6) is 0.968. The third kappa shape index (κ3) is 9.40. The van der Waals surface area contributed by atoms with Gasteiger partial charge in [0.2, 0.25) is 11.8 Å². The van der Waals surface area contributed by atoms with Crippen LogP contribution in [0.25, 0.3) is 10.9 Å². The van der Waals surface area contributed by atoms with Crippen molar-refractivity contribution in [1.82, 2.24) is 35.3 Å². The lowest BCUT2D eigenvalue weighted by atomic mass is 10.1. The molecule has 0 unspecified atom stereocenters. The fraction of sp³-hybridized carbons (Fsp3) is 0.515. The van der Waals surface area contributed by atoms with Crippen LogP contribution in [0.3, 0.4) is 0 Å². The lowest BCUT2D eigenvalue weighted by Gasteiger charge is -2.34. The van der Waals surface area contributed by atoms with Gasteiger partial charge in [0, 0.05) is 83.0 Å². The van der Waals surface area contributed by atoms with E-state index in [2.05, 4.69) is 35.7 Å². The lowest BCUT2D eigenvalue weighted by molar-refractivity contribution is -0.125. The normalized spacial score (nSPS) is 18.7. The van der Waals surface area contributed by atoms with Crippen molar-refractivity contribution in [2.45, 2.75) is 39.3 Å². The number of hydrogen-bond donors (Lipinski definition) is 3. The molecule has 1 fully saturated rings. The van der Waals surface area contributed by atoms with Crippen molar-refractivity contribution in [3.63, 3.8) is 0 Å². The van der Waals surface area contributed by atoms with Gasteiger partial charge in [-0.2, -0.15) is 0 Å². The number of carbonyl (C=O) groups is 2. The predicted molar refractivity (Wildman–Crippen MR) is 180 cm³/mol. The summed E-state index contributed by atoms with van der Waals surface area (Å²) in [5, 5.41) is 9.84. The summed E-state index contributed by atoms with van der Waals surface area (Å²) in [7, 11) is 1.82. The predicted octanol–water partition coefficient (Wildman–Crippen LogP) is 3.41. The number of likely N-dealkylation sites (N-methyl/N-ethyl adjacent to an activating group) is 1. The zero-order chi connectivity index (χ0) is 33.3. The van der Waals surface area contributed by atoms with Crippen LogP contribution in [0, 0.1) is 5.82 Å². The molecule has 0 saturated carbocycles. The molecule has 2 bridgehead atoms. The number of anilines is 2. The van der Waals surface area contributed by atoms with Crippen LogP contribution in [-0.2, 0) is 16.1 Å². The highest BCUT2D eigenvalue weighted by atomic mass is 35.5. The molecule has 14 heteroatoms. The lowest BCUT2D eigenvalue weighted by Crippen LogP contribution is -2.48. The van der Waals surface area contributed by atoms with E-state index in [4.69, 9.17) is 21.1 Å². The molecule has 3 aromatic rings. The minimum Gasteiger partial charge on any atom is -0.490 e. The van der Waals surface area contributed by atoms with Crippen LogP contribution < -0.4 is 25.4 Å². The molecule has 2 amide bonds. The van der Waals surface area contributed by atoms with E-state index in [1.165, 1.54) is 18.5 Å². The Bertz CT molecular complexity index is 1550. The molecule has 3 heterocycles. The molecule has 5 rings (SSSR count). The Kier molecular flexibility index (Phi) is 12.0. The Balaban J connectivity index is 1.30. The highest BCUT2D eigenvalue weighted by Gasteiger charge is 2.22. The van der Waals surface area contributed by atoms with Crippen molar-refractivity contribution in [3.8, 4) is 11.5 Å². The average molecular weight is 671 g/mol. The molecule has 1 aromatic heterocycles. The van der Waals surface area contributed by atoms with Crippen LogP contribution in [0.2, 0.25) is 5.02 Å². The van der Waals surface area contributed by atoms with Gasteiger partial charge in [-0.1, -0.05) is 11.6 Å². The molecule has 47 heavy (non-hydrogen) atoms. The number of benzene rings is 2. The molecule has 3 N–H and O–H groups in total. The van der Waals surface area contributed by atoms with Crippen LogP contribution in [0.5, 0.6) is 11.5 Å². The number of carbonyl (C=O) groups excluding carboxylic acids is 2. The van der Waals surface area contributed by atoms with E-state index >= 15 is 0 Å². The van der Waals surface area contributed by atoms with E-state index in [-0.39, 0.29) is 16.8 Å². The second kappa shape index (κ2) is 16.4. The van der Waals surface area contributed by atoms with Gasteiger partial charge in [-0.15, -0.1) is 0 Å². The number of amides is 2. The maximum atomic E-state index is 14.6. The Labute approximate surface area is 279 Å². The Morgan fingerprint density at radius 3 is 2.68 bits per heavy atom. The largest absolute Gasteiger partial charge is 0.490 e. The molecule has 12 nitrogen and oxygen atoms in total. The van der Waals surface area contributed by atoms with Crippen LogP contribution in [0.4, 0.5) is 15.9 Å². The fourth-order valence-corrected chi connectivity index (χ4v) is 5.83. The Hall–Kier alpha value is -3.78. The number of hydrogen-bond acceptors (Lipinski definition) is 10. The Morgan fingerprint density at radius 1 is 1.15 bits per heavy atom.